The molecule has 98 valence electrons. The fraction of sp³-hybridized carbons (Fsp3) is 0.571. The molecule has 2 aliphatic rings. The first kappa shape index (κ1) is 12.1. The summed E-state index contributed by atoms with van der Waals surface area (Å²) in [4.78, 5) is 2.43. The number of fused-ring (bicyclic) bond motifs is 2. The van der Waals surface area contributed by atoms with Gasteiger partial charge in [-0.1, -0.05) is 12.1 Å². The van der Waals surface area contributed by atoms with Crippen molar-refractivity contribution < 1.29 is 9.13 Å². The first-order valence-corrected chi connectivity index (χ1v) is 6.56. The molecule has 1 aromatic rings. The van der Waals surface area contributed by atoms with Crippen molar-refractivity contribution in [1.29, 1.82) is 0 Å². The molecule has 0 aliphatic carbocycles. The van der Waals surface area contributed by atoms with E-state index in [1.807, 2.05) is 6.07 Å². The second-order valence-corrected chi connectivity index (χ2v) is 5.38. The summed E-state index contributed by atoms with van der Waals surface area (Å²) in [6.45, 7) is 2.29. The van der Waals surface area contributed by atoms with Crippen molar-refractivity contribution in [2.45, 2.75) is 37.5 Å². The Kier molecular flexibility index (Phi) is 3.33. The summed E-state index contributed by atoms with van der Waals surface area (Å²) in [6.07, 6.45) is 1.96. The van der Waals surface area contributed by atoms with Crippen LogP contribution in [0.3, 0.4) is 0 Å². The van der Waals surface area contributed by atoms with Crippen LogP contribution in [0.15, 0.2) is 24.3 Å². The van der Waals surface area contributed by atoms with Crippen LogP contribution < -0.4 is 5.73 Å². The van der Waals surface area contributed by atoms with E-state index < -0.39 is 0 Å². The number of ether oxygens (including phenoxy) is 1. The highest BCUT2D eigenvalue weighted by Gasteiger charge is 2.37. The number of nitrogens with zero attached hydrogens (tertiary/aromatic N) is 1. The summed E-state index contributed by atoms with van der Waals surface area (Å²) in [5, 5.41) is 0. The maximum atomic E-state index is 13.2. The molecule has 1 unspecified atom stereocenters. The Morgan fingerprint density at radius 3 is 2.67 bits per heavy atom. The number of piperidine rings is 1. The van der Waals surface area contributed by atoms with Crippen molar-refractivity contribution in [2.24, 2.45) is 5.73 Å². The highest BCUT2D eigenvalue weighted by molar-refractivity contribution is 5.17. The molecule has 3 nitrogen and oxygen atoms in total. The maximum Gasteiger partial charge on any atom is 0.123 e. The molecule has 2 bridgehead atoms. The predicted molar refractivity (Wildman–Crippen MR) is 67.5 cm³/mol. The predicted octanol–water partition coefficient (Wildman–Crippen LogP) is 1.52. The Morgan fingerprint density at radius 1 is 1.28 bits per heavy atom. The van der Waals surface area contributed by atoms with Crippen molar-refractivity contribution in [3.63, 3.8) is 0 Å². The third kappa shape index (κ3) is 2.41. The van der Waals surface area contributed by atoms with Crippen molar-refractivity contribution in [3.8, 4) is 0 Å². The molecule has 3 atom stereocenters. The Morgan fingerprint density at radius 2 is 2.00 bits per heavy atom. The molecule has 3 rings (SSSR count). The summed E-state index contributed by atoms with van der Waals surface area (Å²) in [5.41, 5.74) is 7.09. The van der Waals surface area contributed by atoms with Gasteiger partial charge in [0.2, 0.25) is 0 Å². The van der Waals surface area contributed by atoms with Gasteiger partial charge in [0.15, 0.2) is 0 Å². The van der Waals surface area contributed by atoms with E-state index in [-0.39, 0.29) is 11.9 Å². The number of hydrogen-bond donors (Lipinski definition) is 1. The van der Waals surface area contributed by atoms with E-state index in [0.29, 0.717) is 12.1 Å². The van der Waals surface area contributed by atoms with Gasteiger partial charge in [-0.25, -0.2) is 4.39 Å². The molecule has 0 saturated carbocycles. The Balaban J connectivity index is 1.75. The molecular weight excluding hydrogens is 231 g/mol. The van der Waals surface area contributed by atoms with Crippen molar-refractivity contribution >= 4 is 0 Å². The summed E-state index contributed by atoms with van der Waals surface area (Å²) >= 11 is 0. The topological polar surface area (TPSA) is 38.5 Å². The lowest BCUT2D eigenvalue weighted by molar-refractivity contribution is -0.0819. The summed E-state index contributed by atoms with van der Waals surface area (Å²) in [6, 6.07) is 7.91. The monoisotopic (exact) mass is 250 g/mol. The first-order valence-electron chi connectivity index (χ1n) is 6.56. The van der Waals surface area contributed by atoms with Crippen LogP contribution in [0.1, 0.15) is 18.4 Å². The number of hydrogen-bond acceptors (Lipinski definition) is 3. The standard InChI is InChI=1S/C14H19FN2O/c15-11-3-1-2-10(4-11)7-17-13-5-12(16)6-14(17)9-18-8-13/h1-4,12-14H,5-9,16H2/t12?,13-,14+. The van der Waals surface area contributed by atoms with Crippen LogP contribution in [0.2, 0.25) is 0 Å². The minimum absolute atomic E-state index is 0.164. The minimum Gasteiger partial charge on any atom is -0.378 e. The van der Waals surface area contributed by atoms with Crippen molar-refractivity contribution in [1.82, 2.24) is 4.90 Å². The van der Waals surface area contributed by atoms with Crippen LogP contribution in [0.5, 0.6) is 0 Å². The number of benzene rings is 1. The number of nitrogens with two attached hydrogens (primary N) is 1. The fourth-order valence-corrected chi connectivity index (χ4v) is 3.14. The van der Waals surface area contributed by atoms with E-state index in [4.69, 9.17) is 10.5 Å². The first-order chi connectivity index (χ1) is 8.72. The van der Waals surface area contributed by atoms with Crippen LogP contribution >= 0.6 is 0 Å². The summed E-state index contributed by atoms with van der Waals surface area (Å²) in [5.74, 6) is -0.164. The van der Waals surface area contributed by atoms with E-state index in [2.05, 4.69) is 4.90 Å². The lowest BCUT2D eigenvalue weighted by Gasteiger charge is -2.47. The van der Waals surface area contributed by atoms with Gasteiger partial charge in [-0.05, 0) is 30.5 Å². The van der Waals surface area contributed by atoms with Gasteiger partial charge < -0.3 is 10.5 Å². The summed E-state index contributed by atoms with van der Waals surface area (Å²) < 4.78 is 18.8. The van der Waals surface area contributed by atoms with E-state index >= 15 is 0 Å². The second-order valence-electron chi connectivity index (χ2n) is 5.38. The number of morpholine rings is 1. The summed E-state index contributed by atoms with van der Waals surface area (Å²) in [7, 11) is 0. The molecule has 2 N–H and O–H groups in total. The highest BCUT2D eigenvalue weighted by atomic mass is 19.1. The third-order valence-corrected chi connectivity index (χ3v) is 3.96. The van der Waals surface area contributed by atoms with Crippen molar-refractivity contribution in [2.75, 3.05) is 13.2 Å². The molecule has 18 heavy (non-hydrogen) atoms. The van der Waals surface area contributed by atoms with Gasteiger partial charge in [0.05, 0.1) is 13.2 Å². The largest absolute Gasteiger partial charge is 0.378 e. The molecular formula is C14H19FN2O. The molecule has 0 radical (unpaired) electrons. The average Bonchev–Trinajstić information content (AvgIpc) is 2.30. The molecule has 4 heteroatoms. The van der Waals surface area contributed by atoms with E-state index in [1.54, 1.807) is 12.1 Å². The maximum absolute atomic E-state index is 13.2. The van der Waals surface area contributed by atoms with Gasteiger partial charge in [-0.15, -0.1) is 0 Å². The Labute approximate surface area is 107 Å². The van der Waals surface area contributed by atoms with Crippen LogP contribution in [-0.4, -0.2) is 36.2 Å². The van der Waals surface area contributed by atoms with E-state index in [9.17, 15) is 4.39 Å². The molecule has 0 spiro atoms. The lowest BCUT2D eigenvalue weighted by atomic mass is 9.90. The van der Waals surface area contributed by atoms with Crippen LogP contribution in [-0.2, 0) is 11.3 Å². The molecule has 0 aromatic heterocycles. The Bertz CT molecular complexity index is 412. The zero-order valence-corrected chi connectivity index (χ0v) is 10.4. The number of rotatable bonds is 2. The zero-order chi connectivity index (χ0) is 12.5. The molecule has 2 saturated heterocycles. The third-order valence-electron chi connectivity index (χ3n) is 3.96. The average molecular weight is 250 g/mol. The molecule has 1 aromatic carbocycles. The number of halogens is 1. The van der Waals surface area contributed by atoms with Gasteiger partial charge in [0.25, 0.3) is 0 Å². The van der Waals surface area contributed by atoms with Gasteiger partial charge in [0, 0.05) is 24.7 Å². The second kappa shape index (κ2) is 4.96. The van der Waals surface area contributed by atoms with Gasteiger partial charge in [0.1, 0.15) is 5.82 Å². The van der Waals surface area contributed by atoms with Gasteiger partial charge in [-0.3, -0.25) is 4.90 Å². The van der Waals surface area contributed by atoms with Crippen LogP contribution in [0.25, 0.3) is 0 Å². The minimum atomic E-state index is -0.164. The molecule has 2 heterocycles. The van der Waals surface area contributed by atoms with Crippen molar-refractivity contribution in [3.05, 3.63) is 35.6 Å². The zero-order valence-electron chi connectivity index (χ0n) is 10.4. The quantitative estimate of drug-likeness (QED) is 0.865. The van der Waals surface area contributed by atoms with E-state index in [0.717, 1.165) is 38.2 Å². The highest BCUT2D eigenvalue weighted by Crippen LogP contribution is 2.28. The smallest absolute Gasteiger partial charge is 0.123 e. The fourth-order valence-electron chi connectivity index (χ4n) is 3.14. The molecule has 0 amide bonds. The molecule has 2 aliphatic heterocycles. The van der Waals surface area contributed by atoms with Gasteiger partial charge >= 0.3 is 0 Å². The lowest BCUT2D eigenvalue weighted by Crippen LogP contribution is -2.58. The van der Waals surface area contributed by atoms with Crippen LogP contribution in [0, 0.1) is 5.82 Å². The SMILES string of the molecule is NC1C[C@H]2COC[C@@H](C1)N2Cc1cccc(F)c1. The normalized spacial score (nSPS) is 32.4. The van der Waals surface area contributed by atoms with Crippen LogP contribution in [0.4, 0.5) is 4.39 Å². The molecule has 2 fully saturated rings. The Hall–Kier alpha value is -0.970. The van der Waals surface area contributed by atoms with E-state index in [1.165, 1.54) is 6.07 Å². The van der Waals surface area contributed by atoms with Gasteiger partial charge in [-0.2, -0.15) is 0 Å².